The van der Waals surface area contributed by atoms with E-state index in [1.54, 1.807) is 36.4 Å². The van der Waals surface area contributed by atoms with Crippen molar-refractivity contribution in [1.82, 2.24) is 4.72 Å². The maximum absolute atomic E-state index is 13.4. The lowest BCUT2D eigenvalue weighted by Crippen LogP contribution is -2.38. The van der Waals surface area contributed by atoms with Crippen LogP contribution in [-0.2, 0) is 15.4 Å². The lowest BCUT2D eigenvalue weighted by Gasteiger charge is -2.23. The van der Waals surface area contributed by atoms with Gasteiger partial charge in [-0.25, -0.2) is 17.5 Å². The number of amides is 1. The summed E-state index contributed by atoms with van der Waals surface area (Å²) >= 11 is 0. The Balaban J connectivity index is 1.77. The minimum atomic E-state index is -3.75. The highest BCUT2D eigenvalue weighted by atomic mass is 32.2. The Labute approximate surface area is 195 Å². The maximum Gasteiger partial charge on any atom is 0.258 e. The molecule has 0 unspecified atom stereocenters. The molecule has 174 valence electrons. The van der Waals surface area contributed by atoms with Gasteiger partial charge < -0.3 is 4.90 Å². The van der Waals surface area contributed by atoms with Crippen LogP contribution >= 0.6 is 0 Å². The summed E-state index contributed by atoms with van der Waals surface area (Å²) < 4.78 is 41.5. The van der Waals surface area contributed by atoms with Crippen LogP contribution < -0.4 is 9.62 Å². The molecular weight excluding hydrogens is 439 g/mol. The number of nitrogens with one attached hydrogen (secondary N) is 1. The van der Waals surface area contributed by atoms with Crippen molar-refractivity contribution in [3.8, 4) is 0 Å². The van der Waals surface area contributed by atoms with Gasteiger partial charge in [-0.05, 0) is 66.4 Å². The first kappa shape index (κ1) is 24.6. The van der Waals surface area contributed by atoms with Gasteiger partial charge in [-0.15, -0.1) is 0 Å². The van der Waals surface area contributed by atoms with Crippen LogP contribution in [0.2, 0.25) is 0 Å². The molecule has 0 heterocycles. The number of halogens is 1. The van der Waals surface area contributed by atoms with Crippen LogP contribution in [0, 0.1) is 12.7 Å². The van der Waals surface area contributed by atoms with Crippen molar-refractivity contribution < 1.29 is 17.6 Å². The zero-order chi connectivity index (χ0) is 24.2. The molecule has 0 atom stereocenters. The molecule has 0 aliphatic carbocycles. The van der Waals surface area contributed by atoms with Crippen LogP contribution in [0.3, 0.4) is 0 Å². The SMILES string of the molecule is Cc1ccc(C(=O)N(CCNS(=O)(=O)c2ccc(C(C)(C)C)cc2)c2ccc(F)cc2)cc1. The predicted octanol–water partition coefficient (Wildman–Crippen LogP) is 5.06. The second-order valence-electron chi connectivity index (χ2n) is 8.97. The van der Waals surface area contributed by atoms with Crippen LogP contribution in [0.25, 0.3) is 0 Å². The monoisotopic (exact) mass is 468 g/mol. The van der Waals surface area contributed by atoms with Gasteiger partial charge in [0.15, 0.2) is 0 Å². The van der Waals surface area contributed by atoms with Crippen LogP contribution in [0.15, 0.2) is 77.7 Å². The molecule has 5 nitrogen and oxygen atoms in total. The smallest absolute Gasteiger partial charge is 0.258 e. The van der Waals surface area contributed by atoms with Crippen molar-refractivity contribution in [3.05, 3.63) is 95.3 Å². The molecule has 0 spiro atoms. The summed E-state index contributed by atoms with van der Waals surface area (Å²) in [5.74, 6) is -0.712. The fraction of sp³-hybridized carbons (Fsp3) is 0.269. The summed E-state index contributed by atoms with van der Waals surface area (Å²) in [4.78, 5) is 14.8. The molecular formula is C26H29FN2O3S. The summed E-state index contributed by atoms with van der Waals surface area (Å²) in [6.07, 6.45) is 0. The van der Waals surface area contributed by atoms with E-state index in [-0.39, 0.29) is 29.3 Å². The van der Waals surface area contributed by atoms with Gasteiger partial charge in [0.25, 0.3) is 5.91 Å². The lowest BCUT2D eigenvalue weighted by atomic mass is 9.87. The van der Waals surface area contributed by atoms with Crippen molar-refractivity contribution in [2.45, 2.75) is 38.0 Å². The van der Waals surface area contributed by atoms with Crippen LogP contribution in [0.5, 0.6) is 0 Å². The average Bonchev–Trinajstić information content (AvgIpc) is 2.77. The third-order valence-electron chi connectivity index (χ3n) is 5.34. The van der Waals surface area contributed by atoms with E-state index in [4.69, 9.17) is 0 Å². The van der Waals surface area contributed by atoms with E-state index in [2.05, 4.69) is 25.5 Å². The van der Waals surface area contributed by atoms with E-state index in [1.165, 1.54) is 29.2 Å². The first-order chi connectivity index (χ1) is 15.5. The number of hydrogen-bond donors (Lipinski definition) is 1. The molecule has 7 heteroatoms. The highest BCUT2D eigenvalue weighted by Crippen LogP contribution is 2.23. The zero-order valence-corrected chi connectivity index (χ0v) is 20.1. The third-order valence-corrected chi connectivity index (χ3v) is 6.82. The fourth-order valence-electron chi connectivity index (χ4n) is 3.33. The van der Waals surface area contributed by atoms with Gasteiger partial charge in [0.05, 0.1) is 4.90 Å². The molecule has 3 aromatic carbocycles. The van der Waals surface area contributed by atoms with E-state index < -0.39 is 15.8 Å². The summed E-state index contributed by atoms with van der Waals surface area (Å²) in [7, 11) is -3.75. The number of benzene rings is 3. The van der Waals surface area contributed by atoms with Gasteiger partial charge in [0, 0.05) is 24.3 Å². The number of hydrogen-bond acceptors (Lipinski definition) is 3. The molecule has 33 heavy (non-hydrogen) atoms. The topological polar surface area (TPSA) is 66.5 Å². The largest absolute Gasteiger partial charge is 0.307 e. The van der Waals surface area contributed by atoms with E-state index >= 15 is 0 Å². The normalized spacial score (nSPS) is 11.9. The number of nitrogens with zero attached hydrogens (tertiary/aromatic N) is 1. The number of sulfonamides is 1. The maximum atomic E-state index is 13.4. The van der Waals surface area contributed by atoms with E-state index in [9.17, 15) is 17.6 Å². The molecule has 1 amide bonds. The molecule has 0 aliphatic heterocycles. The fourth-order valence-corrected chi connectivity index (χ4v) is 4.35. The van der Waals surface area contributed by atoms with Gasteiger partial charge in [-0.1, -0.05) is 50.6 Å². The third kappa shape index (κ3) is 6.27. The molecule has 3 aromatic rings. The Morgan fingerprint density at radius 2 is 1.48 bits per heavy atom. The summed E-state index contributed by atoms with van der Waals surface area (Å²) in [6.45, 7) is 8.18. The lowest BCUT2D eigenvalue weighted by molar-refractivity contribution is 0.0987. The predicted molar refractivity (Wildman–Crippen MR) is 130 cm³/mol. The van der Waals surface area contributed by atoms with E-state index in [1.807, 2.05) is 19.1 Å². The Bertz CT molecular complexity index is 1200. The Hall–Kier alpha value is -3.03. The molecule has 0 radical (unpaired) electrons. The average molecular weight is 469 g/mol. The second kappa shape index (κ2) is 9.85. The number of carbonyl (C=O) groups is 1. The van der Waals surface area contributed by atoms with Gasteiger partial charge in [-0.2, -0.15) is 0 Å². The van der Waals surface area contributed by atoms with Crippen molar-refractivity contribution >= 4 is 21.6 Å². The number of aryl methyl sites for hydroxylation is 1. The van der Waals surface area contributed by atoms with Crippen molar-refractivity contribution in [3.63, 3.8) is 0 Å². The number of anilines is 1. The standard InChI is InChI=1S/C26H29FN2O3S/c1-19-5-7-20(8-6-19)25(30)29(23-13-11-22(27)12-14-23)18-17-28-33(31,32)24-15-9-21(10-16-24)26(2,3)4/h5-16,28H,17-18H2,1-4H3. The molecule has 0 saturated carbocycles. The van der Waals surface area contributed by atoms with Gasteiger partial charge >= 0.3 is 0 Å². The summed E-state index contributed by atoms with van der Waals surface area (Å²) in [5, 5.41) is 0. The molecule has 0 saturated heterocycles. The zero-order valence-electron chi connectivity index (χ0n) is 19.3. The second-order valence-corrected chi connectivity index (χ2v) is 10.7. The number of rotatable bonds is 7. The Kier molecular flexibility index (Phi) is 7.34. The first-order valence-electron chi connectivity index (χ1n) is 10.7. The Morgan fingerprint density at radius 1 is 0.909 bits per heavy atom. The van der Waals surface area contributed by atoms with Gasteiger partial charge in [0.1, 0.15) is 5.82 Å². The molecule has 0 bridgehead atoms. The van der Waals surface area contributed by atoms with E-state index in [0.717, 1.165) is 11.1 Å². The quantitative estimate of drug-likeness (QED) is 0.527. The van der Waals surface area contributed by atoms with E-state index in [0.29, 0.717) is 11.3 Å². The molecule has 0 fully saturated rings. The number of carbonyl (C=O) groups excluding carboxylic acids is 1. The van der Waals surface area contributed by atoms with Crippen LogP contribution in [0.4, 0.5) is 10.1 Å². The Morgan fingerprint density at radius 3 is 2.03 bits per heavy atom. The highest BCUT2D eigenvalue weighted by Gasteiger charge is 2.21. The minimum Gasteiger partial charge on any atom is -0.307 e. The summed E-state index contributed by atoms with van der Waals surface area (Å²) in [5.41, 5.74) is 2.92. The molecule has 0 aromatic heterocycles. The van der Waals surface area contributed by atoms with Crippen molar-refractivity contribution in [2.75, 3.05) is 18.0 Å². The molecule has 0 aliphatic rings. The summed E-state index contributed by atoms with van der Waals surface area (Å²) in [6, 6.07) is 19.4. The van der Waals surface area contributed by atoms with Crippen molar-refractivity contribution in [1.29, 1.82) is 0 Å². The van der Waals surface area contributed by atoms with Gasteiger partial charge in [0.2, 0.25) is 10.0 Å². The molecule has 1 N–H and O–H groups in total. The van der Waals surface area contributed by atoms with Crippen LogP contribution in [0.1, 0.15) is 42.3 Å². The molecule has 3 rings (SSSR count). The first-order valence-corrected chi connectivity index (χ1v) is 12.2. The highest BCUT2D eigenvalue weighted by molar-refractivity contribution is 7.89. The van der Waals surface area contributed by atoms with Gasteiger partial charge in [-0.3, -0.25) is 4.79 Å². The van der Waals surface area contributed by atoms with Crippen molar-refractivity contribution in [2.24, 2.45) is 0 Å². The minimum absolute atomic E-state index is 0.00165. The van der Waals surface area contributed by atoms with Crippen LogP contribution in [-0.4, -0.2) is 27.4 Å².